The van der Waals surface area contributed by atoms with Gasteiger partial charge in [0.25, 0.3) is 11.8 Å². The highest BCUT2D eigenvalue weighted by Gasteiger charge is 2.36. The fraction of sp³-hybridized carbons (Fsp3) is 0.0769. The maximum absolute atomic E-state index is 12.5. The maximum atomic E-state index is 12.5. The molecule has 0 saturated heterocycles. The van der Waals surface area contributed by atoms with Gasteiger partial charge in [0, 0.05) is 17.3 Å². The van der Waals surface area contributed by atoms with Gasteiger partial charge in [0.2, 0.25) is 5.91 Å². The summed E-state index contributed by atoms with van der Waals surface area (Å²) in [5.74, 6) is -0.543. The van der Waals surface area contributed by atoms with E-state index in [0.717, 1.165) is 4.90 Å². The van der Waals surface area contributed by atoms with Gasteiger partial charge in [-0.25, -0.2) is 0 Å². The second-order valence-corrected chi connectivity index (χ2v) is 7.70. The lowest BCUT2D eigenvalue weighted by atomic mass is 10.1. The van der Waals surface area contributed by atoms with Crippen LogP contribution in [0.1, 0.15) is 20.7 Å². The van der Waals surface area contributed by atoms with E-state index in [9.17, 15) is 19.2 Å². The average Bonchev–Trinajstić information content (AvgIpc) is 3.09. The van der Waals surface area contributed by atoms with E-state index in [2.05, 4.69) is 5.32 Å². The molecule has 1 aromatic heterocycles. The standard InChI is InChI=1S/C26H18N2O6/c1-33-17-10-11-22-20(12-17)21(29)13-23(34-22)15-6-8-16(9-7-15)27-24(30)14-28-25(31)18-4-2-3-5-19(18)26(28)32/h2-13H,14H2,1H3,(H,27,30). The van der Waals surface area contributed by atoms with Crippen LogP contribution in [0.3, 0.4) is 0 Å². The number of ether oxygens (including phenoxy) is 1. The van der Waals surface area contributed by atoms with Gasteiger partial charge in [-0.2, -0.15) is 0 Å². The number of fused-ring (bicyclic) bond motifs is 2. The Morgan fingerprint density at radius 3 is 2.24 bits per heavy atom. The molecule has 0 aliphatic carbocycles. The number of nitrogens with one attached hydrogen (secondary N) is 1. The van der Waals surface area contributed by atoms with Crippen LogP contribution in [0.2, 0.25) is 0 Å². The summed E-state index contributed by atoms with van der Waals surface area (Å²) in [6, 6.07) is 19.6. The molecule has 5 rings (SSSR count). The molecule has 34 heavy (non-hydrogen) atoms. The zero-order valence-electron chi connectivity index (χ0n) is 18.0. The Bertz CT molecular complexity index is 1490. The fourth-order valence-corrected chi connectivity index (χ4v) is 3.85. The van der Waals surface area contributed by atoms with Crippen molar-refractivity contribution in [2.75, 3.05) is 19.0 Å². The van der Waals surface area contributed by atoms with Crippen LogP contribution >= 0.6 is 0 Å². The van der Waals surface area contributed by atoms with E-state index in [1.165, 1.54) is 13.2 Å². The van der Waals surface area contributed by atoms with Gasteiger partial charge in [-0.1, -0.05) is 12.1 Å². The van der Waals surface area contributed by atoms with Gasteiger partial charge in [0.1, 0.15) is 23.6 Å². The number of hydrogen-bond acceptors (Lipinski definition) is 6. The molecule has 3 aromatic carbocycles. The summed E-state index contributed by atoms with van der Waals surface area (Å²) < 4.78 is 11.0. The van der Waals surface area contributed by atoms with Gasteiger partial charge in [0.15, 0.2) is 5.43 Å². The van der Waals surface area contributed by atoms with E-state index in [0.29, 0.717) is 44.9 Å². The number of amides is 3. The van der Waals surface area contributed by atoms with Gasteiger partial charge in [-0.3, -0.25) is 24.1 Å². The molecule has 0 bridgehead atoms. The molecule has 168 valence electrons. The van der Waals surface area contributed by atoms with Crippen LogP contribution in [0.5, 0.6) is 5.75 Å². The predicted octanol–water partition coefficient (Wildman–Crippen LogP) is 3.70. The molecule has 1 aliphatic heterocycles. The normalized spacial score (nSPS) is 12.7. The molecule has 4 aromatic rings. The zero-order chi connectivity index (χ0) is 23.8. The second kappa shape index (κ2) is 8.32. The SMILES string of the molecule is COc1ccc2oc(-c3ccc(NC(=O)CN4C(=O)c5ccccc5C4=O)cc3)cc(=O)c2c1. The van der Waals surface area contributed by atoms with Crippen molar-refractivity contribution >= 4 is 34.4 Å². The molecule has 3 amide bonds. The van der Waals surface area contributed by atoms with Crippen molar-refractivity contribution in [2.24, 2.45) is 0 Å². The lowest BCUT2D eigenvalue weighted by Gasteiger charge is -2.13. The molecule has 1 N–H and O–H groups in total. The molecule has 1 aliphatic rings. The number of methoxy groups -OCH3 is 1. The van der Waals surface area contributed by atoms with Crippen molar-refractivity contribution in [1.82, 2.24) is 4.90 Å². The summed E-state index contributed by atoms with van der Waals surface area (Å²) in [5, 5.41) is 3.09. The number of carbonyl (C=O) groups is 3. The first-order chi connectivity index (χ1) is 16.4. The minimum absolute atomic E-state index is 0.200. The summed E-state index contributed by atoms with van der Waals surface area (Å²) in [4.78, 5) is 50.8. The minimum Gasteiger partial charge on any atom is -0.497 e. The third kappa shape index (κ3) is 3.71. The van der Waals surface area contributed by atoms with Crippen LogP contribution in [-0.2, 0) is 4.79 Å². The van der Waals surface area contributed by atoms with Gasteiger partial charge >= 0.3 is 0 Å². The van der Waals surface area contributed by atoms with Crippen LogP contribution in [-0.4, -0.2) is 36.3 Å². The van der Waals surface area contributed by atoms with Crippen LogP contribution in [0.25, 0.3) is 22.3 Å². The summed E-state index contributed by atoms with van der Waals surface area (Å²) in [6.07, 6.45) is 0. The first-order valence-electron chi connectivity index (χ1n) is 10.4. The summed E-state index contributed by atoms with van der Waals surface area (Å²) in [7, 11) is 1.53. The molecule has 8 nitrogen and oxygen atoms in total. The number of nitrogens with zero attached hydrogens (tertiary/aromatic N) is 1. The Hall–Kier alpha value is -4.72. The largest absolute Gasteiger partial charge is 0.497 e. The Balaban J connectivity index is 1.30. The number of imide groups is 1. The maximum Gasteiger partial charge on any atom is 0.262 e. The third-order valence-corrected chi connectivity index (χ3v) is 5.57. The second-order valence-electron chi connectivity index (χ2n) is 7.70. The molecule has 0 saturated carbocycles. The van der Waals surface area contributed by atoms with E-state index in [1.54, 1.807) is 66.7 Å². The van der Waals surface area contributed by atoms with Gasteiger partial charge in [-0.15, -0.1) is 0 Å². The van der Waals surface area contributed by atoms with Crippen molar-refractivity contribution in [1.29, 1.82) is 0 Å². The van der Waals surface area contributed by atoms with Crippen LogP contribution in [0.15, 0.2) is 82.0 Å². The molecule has 0 fully saturated rings. The first kappa shape index (κ1) is 21.1. The Morgan fingerprint density at radius 1 is 0.912 bits per heavy atom. The minimum atomic E-state index is -0.506. The molecule has 0 unspecified atom stereocenters. The molecule has 8 heteroatoms. The van der Waals surface area contributed by atoms with Crippen LogP contribution in [0, 0.1) is 0 Å². The highest BCUT2D eigenvalue weighted by molar-refractivity contribution is 6.22. The quantitative estimate of drug-likeness (QED) is 0.461. The predicted molar refractivity (Wildman–Crippen MR) is 125 cm³/mol. The molecule has 0 radical (unpaired) electrons. The number of carbonyl (C=O) groups excluding carboxylic acids is 3. The lowest BCUT2D eigenvalue weighted by Crippen LogP contribution is -2.37. The molecular formula is C26H18N2O6. The lowest BCUT2D eigenvalue weighted by molar-refractivity contribution is -0.116. The van der Waals surface area contributed by atoms with E-state index in [4.69, 9.17) is 9.15 Å². The van der Waals surface area contributed by atoms with Gasteiger partial charge in [-0.05, 0) is 54.6 Å². The highest BCUT2D eigenvalue weighted by atomic mass is 16.5. The van der Waals surface area contributed by atoms with E-state index < -0.39 is 24.3 Å². The molecule has 2 heterocycles. The van der Waals surface area contributed by atoms with Crippen molar-refractivity contribution in [2.45, 2.75) is 0 Å². The molecular weight excluding hydrogens is 436 g/mol. The fourth-order valence-electron chi connectivity index (χ4n) is 3.85. The highest BCUT2D eigenvalue weighted by Crippen LogP contribution is 2.26. The van der Waals surface area contributed by atoms with E-state index >= 15 is 0 Å². The number of hydrogen-bond donors (Lipinski definition) is 1. The number of rotatable bonds is 5. The van der Waals surface area contributed by atoms with Crippen molar-refractivity contribution in [3.8, 4) is 17.1 Å². The molecule has 0 spiro atoms. The summed E-state index contributed by atoms with van der Waals surface area (Å²) in [6.45, 7) is -0.392. The summed E-state index contributed by atoms with van der Waals surface area (Å²) >= 11 is 0. The van der Waals surface area contributed by atoms with Crippen molar-refractivity contribution in [3.63, 3.8) is 0 Å². The topological polar surface area (TPSA) is 106 Å². The first-order valence-corrected chi connectivity index (χ1v) is 10.4. The average molecular weight is 454 g/mol. The van der Waals surface area contributed by atoms with Crippen molar-refractivity contribution < 1.29 is 23.5 Å². The Morgan fingerprint density at radius 2 is 1.59 bits per heavy atom. The monoisotopic (exact) mass is 454 g/mol. The number of benzene rings is 3. The van der Waals surface area contributed by atoms with Crippen LogP contribution < -0.4 is 15.5 Å². The van der Waals surface area contributed by atoms with Gasteiger partial charge in [0.05, 0.1) is 23.6 Å². The van der Waals surface area contributed by atoms with E-state index in [-0.39, 0.29) is 5.43 Å². The van der Waals surface area contributed by atoms with Crippen LogP contribution in [0.4, 0.5) is 5.69 Å². The van der Waals surface area contributed by atoms with Gasteiger partial charge < -0.3 is 14.5 Å². The Kier molecular flexibility index (Phi) is 5.18. The Labute approximate surface area is 193 Å². The smallest absolute Gasteiger partial charge is 0.262 e. The molecule has 0 atom stereocenters. The van der Waals surface area contributed by atoms with E-state index in [1.807, 2.05) is 0 Å². The third-order valence-electron chi connectivity index (χ3n) is 5.57. The number of anilines is 1. The summed E-state index contributed by atoms with van der Waals surface area (Å²) in [5.41, 5.74) is 1.93. The van der Waals surface area contributed by atoms with Crippen molar-refractivity contribution in [3.05, 3.63) is 94.1 Å². The zero-order valence-corrected chi connectivity index (χ0v) is 18.0.